The van der Waals surface area contributed by atoms with E-state index in [1.165, 1.54) is 6.07 Å². The Hall–Kier alpha value is -0.580. The molecule has 1 N–H and O–H groups in total. The highest BCUT2D eigenvalue weighted by molar-refractivity contribution is 7.99. The maximum absolute atomic E-state index is 13.3. The van der Waals surface area contributed by atoms with E-state index < -0.39 is 0 Å². The second kappa shape index (κ2) is 6.38. The number of hydrogen-bond acceptors (Lipinski definition) is 3. The van der Waals surface area contributed by atoms with Crippen LogP contribution >= 0.6 is 11.8 Å². The number of rotatable bonds is 4. The summed E-state index contributed by atoms with van der Waals surface area (Å²) in [5, 5.41) is 9.53. The number of benzene rings is 1. The van der Waals surface area contributed by atoms with Crippen LogP contribution in [0.15, 0.2) is 29.2 Å². The first kappa shape index (κ1) is 12.9. The zero-order valence-corrected chi connectivity index (χ0v) is 10.6. The molecule has 1 aliphatic heterocycles. The van der Waals surface area contributed by atoms with Gasteiger partial charge in [0.25, 0.3) is 0 Å². The van der Waals surface area contributed by atoms with Gasteiger partial charge in [0.15, 0.2) is 0 Å². The average Bonchev–Trinajstić information content (AvgIpc) is 2.32. The average molecular weight is 255 g/mol. The summed E-state index contributed by atoms with van der Waals surface area (Å²) in [4.78, 5) is 2.97. The van der Waals surface area contributed by atoms with Crippen LogP contribution in [0.5, 0.6) is 0 Å². The number of nitrogens with zero attached hydrogens (tertiary/aromatic N) is 1. The molecular weight excluding hydrogens is 237 g/mol. The van der Waals surface area contributed by atoms with E-state index >= 15 is 0 Å². The number of hydrogen-bond donors (Lipinski definition) is 1. The molecule has 1 saturated heterocycles. The Kier molecular flexibility index (Phi) is 4.83. The van der Waals surface area contributed by atoms with Gasteiger partial charge in [0.1, 0.15) is 5.82 Å². The normalized spacial score (nSPS) is 21.6. The monoisotopic (exact) mass is 255 g/mol. The largest absolute Gasteiger partial charge is 0.392 e. The molecule has 1 aromatic carbocycles. The predicted molar refractivity (Wildman–Crippen MR) is 68.8 cm³/mol. The van der Waals surface area contributed by atoms with Crippen molar-refractivity contribution in [2.75, 3.05) is 25.4 Å². The van der Waals surface area contributed by atoms with Gasteiger partial charge < -0.3 is 5.11 Å². The maximum atomic E-state index is 13.3. The molecule has 1 aliphatic rings. The van der Waals surface area contributed by atoms with Crippen LogP contribution in [0.1, 0.15) is 12.8 Å². The highest BCUT2D eigenvalue weighted by Gasteiger charge is 2.16. The second-order valence-electron chi connectivity index (χ2n) is 4.38. The van der Waals surface area contributed by atoms with Gasteiger partial charge in [0, 0.05) is 23.7 Å². The molecule has 4 heteroatoms. The maximum Gasteiger partial charge on any atom is 0.136 e. The summed E-state index contributed by atoms with van der Waals surface area (Å²) < 4.78 is 13.3. The summed E-state index contributed by atoms with van der Waals surface area (Å²) in [5.41, 5.74) is 0. The molecule has 0 bridgehead atoms. The number of β-amino-alcohol motifs (C(OH)–C–C–N with tert-alkyl or cyclic N) is 1. The molecule has 94 valence electrons. The van der Waals surface area contributed by atoms with Gasteiger partial charge in [-0.3, -0.25) is 4.90 Å². The number of aliphatic hydroxyl groups is 1. The van der Waals surface area contributed by atoms with Gasteiger partial charge >= 0.3 is 0 Å². The van der Waals surface area contributed by atoms with Crippen LogP contribution in [0.25, 0.3) is 0 Å². The summed E-state index contributed by atoms with van der Waals surface area (Å²) >= 11 is 1.54. The quantitative estimate of drug-likeness (QED) is 0.836. The predicted octanol–water partition coefficient (Wildman–Crippen LogP) is 2.37. The topological polar surface area (TPSA) is 23.5 Å². The van der Waals surface area contributed by atoms with Crippen LogP contribution in [0.3, 0.4) is 0 Å². The number of piperidine rings is 1. The highest BCUT2D eigenvalue weighted by Crippen LogP contribution is 2.21. The minimum atomic E-state index is -0.179. The molecule has 1 fully saturated rings. The molecule has 1 atom stereocenters. The van der Waals surface area contributed by atoms with Gasteiger partial charge in [-0.15, -0.1) is 11.8 Å². The number of aliphatic hydroxyl groups excluding tert-OH is 1. The van der Waals surface area contributed by atoms with Crippen molar-refractivity contribution < 1.29 is 9.50 Å². The lowest BCUT2D eigenvalue weighted by Crippen LogP contribution is -2.39. The van der Waals surface area contributed by atoms with Crippen molar-refractivity contribution in [3.05, 3.63) is 30.1 Å². The third-order valence-corrected chi connectivity index (χ3v) is 4.01. The van der Waals surface area contributed by atoms with E-state index in [0.29, 0.717) is 4.90 Å². The lowest BCUT2D eigenvalue weighted by atomic mass is 10.1. The van der Waals surface area contributed by atoms with Crippen LogP contribution in [-0.4, -0.2) is 41.5 Å². The zero-order valence-electron chi connectivity index (χ0n) is 9.81. The Balaban J connectivity index is 1.74. The van der Waals surface area contributed by atoms with Gasteiger partial charge in [-0.25, -0.2) is 4.39 Å². The molecule has 17 heavy (non-hydrogen) atoms. The van der Waals surface area contributed by atoms with Crippen molar-refractivity contribution in [1.82, 2.24) is 4.90 Å². The van der Waals surface area contributed by atoms with Gasteiger partial charge in [-0.1, -0.05) is 12.1 Å². The molecule has 0 aromatic heterocycles. The molecule has 0 aliphatic carbocycles. The molecular formula is C13H18FNOS. The fraction of sp³-hybridized carbons (Fsp3) is 0.538. The number of likely N-dealkylation sites (tertiary alicyclic amines) is 1. The van der Waals surface area contributed by atoms with E-state index in [-0.39, 0.29) is 11.9 Å². The third-order valence-electron chi connectivity index (χ3n) is 2.98. The minimum absolute atomic E-state index is 0.142. The fourth-order valence-electron chi connectivity index (χ4n) is 2.08. The molecule has 2 rings (SSSR count). The van der Waals surface area contributed by atoms with Crippen molar-refractivity contribution in [1.29, 1.82) is 0 Å². The Bertz CT molecular complexity index is 361. The van der Waals surface area contributed by atoms with Crippen LogP contribution in [0, 0.1) is 5.82 Å². The molecule has 1 aromatic rings. The highest BCUT2D eigenvalue weighted by atomic mass is 32.2. The Morgan fingerprint density at radius 3 is 3.00 bits per heavy atom. The summed E-state index contributed by atoms with van der Waals surface area (Å²) in [7, 11) is 0. The Morgan fingerprint density at radius 2 is 2.24 bits per heavy atom. The lowest BCUT2D eigenvalue weighted by Gasteiger charge is -2.29. The van der Waals surface area contributed by atoms with E-state index in [1.807, 2.05) is 12.1 Å². The van der Waals surface area contributed by atoms with E-state index in [0.717, 1.165) is 38.2 Å². The molecule has 1 unspecified atom stereocenters. The molecule has 2 nitrogen and oxygen atoms in total. The van der Waals surface area contributed by atoms with E-state index in [2.05, 4.69) is 4.90 Å². The van der Waals surface area contributed by atoms with Crippen LogP contribution in [0.2, 0.25) is 0 Å². The minimum Gasteiger partial charge on any atom is -0.392 e. The summed E-state index contributed by atoms with van der Waals surface area (Å²) in [6, 6.07) is 6.87. The Labute approximate surface area is 106 Å². The van der Waals surface area contributed by atoms with Gasteiger partial charge in [-0.05, 0) is 31.5 Å². The first-order valence-corrected chi connectivity index (χ1v) is 7.02. The zero-order chi connectivity index (χ0) is 12.1. The van der Waals surface area contributed by atoms with Crippen molar-refractivity contribution in [3.63, 3.8) is 0 Å². The van der Waals surface area contributed by atoms with E-state index in [1.54, 1.807) is 17.8 Å². The fourth-order valence-corrected chi connectivity index (χ4v) is 3.03. The van der Waals surface area contributed by atoms with Crippen LogP contribution in [0.4, 0.5) is 4.39 Å². The molecule has 0 amide bonds. The van der Waals surface area contributed by atoms with E-state index in [4.69, 9.17) is 0 Å². The van der Waals surface area contributed by atoms with Gasteiger partial charge in [0.2, 0.25) is 0 Å². The number of halogens is 1. The molecule has 0 radical (unpaired) electrons. The SMILES string of the molecule is OC1CCCN(CCSc2ccccc2F)C1. The smallest absolute Gasteiger partial charge is 0.136 e. The van der Waals surface area contributed by atoms with Crippen LogP contribution in [-0.2, 0) is 0 Å². The molecule has 0 saturated carbocycles. The summed E-state index contributed by atoms with van der Waals surface area (Å²) in [6.45, 7) is 2.72. The van der Waals surface area contributed by atoms with Crippen molar-refractivity contribution in [2.45, 2.75) is 23.8 Å². The second-order valence-corrected chi connectivity index (χ2v) is 5.51. The lowest BCUT2D eigenvalue weighted by molar-refractivity contribution is 0.0743. The summed E-state index contributed by atoms with van der Waals surface area (Å²) in [5.74, 6) is 0.726. The number of thioether (sulfide) groups is 1. The first-order valence-electron chi connectivity index (χ1n) is 6.03. The standard InChI is InChI=1S/C13H18FNOS/c14-12-5-1-2-6-13(12)17-9-8-15-7-3-4-11(16)10-15/h1-2,5-6,11,16H,3-4,7-10H2. The first-order chi connectivity index (χ1) is 8.25. The Morgan fingerprint density at radius 1 is 1.41 bits per heavy atom. The molecule has 0 spiro atoms. The van der Waals surface area contributed by atoms with Crippen molar-refractivity contribution in [3.8, 4) is 0 Å². The van der Waals surface area contributed by atoms with Crippen molar-refractivity contribution in [2.24, 2.45) is 0 Å². The van der Waals surface area contributed by atoms with Crippen molar-refractivity contribution >= 4 is 11.8 Å². The van der Waals surface area contributed by atoms with Crippen LogP contribution < -0.4 is 0 Å². The third kappa shape index (κ3) is 3.98. The summed E-state index contributed by atoms with van der Waals surface area (Å²) in [6.07, 6.45) is 1.80. The molecule has 1 heterocycles. The van der Waals surface area contributed by atoms with E-state index in [9.17, 15) is 9.50 Å². The van der Waals surface area contributed by atoms with Gasteiger partial charge in [-0.2, -0.15) is 0 Å². The van der Waals surface area contributed by atoms with Gasteiger partial charge in [0.05, 0.1) is 6.10 Å².